The quantitative estimate of drug-likeness (QED) is 0.894. The van der Waals surface area contributed by atoms with Gasteiger partial charge in [-0.2, -0.15) is 5.10 Å². The molecular formula is C12H12BrN3O. The molecule has 0 bridgehead atoms. The van der Waals surface area contributed by atoms with E-state index >= 15 is 0 Å². The van der Waals surface area contributed by atoms with Crippen LogP contribution in [0.1, 0.15) is 21.5 Å². The number of amides is 1. The number of hydrogen-bond acceptors (Lipinski definition) is 2. The Morgan fingerprint density at radius 2 is 2.12 bits per heavy atom. The zero-order chi connectivity index (χ0) is 12.4. The van der Waals surface area contributed by atoms with E-state index < -0.39 is 0 Å². The molecule has 0 radical (unpaired) electrons. The van der Waals surface area contributed by atoms with Crippen molar-refractivity contribution in [1.82, 2.24) is 10.2 Å². The van der Waals surface area contributed by atoms with Gasteiger partial charge in [-0.25, -0.2) is 0 Å². The Morgan fingerprint density at radius 1 is 1.35 bits per heavy atom. The topological polar surface area (TPSA) is 57.8 Å². The number of anilines is 1. The van der Waals surface area contributed by atoms with Crippen molar-refractivity contribution in [3.05, 3.63) is 45.6 Å². The summed E-state index contributed by atoms with van der Waals surface area (Å²) in [5.41, 5.74) is 2.54. The van der Waals surface area contributed by atoms with E-state index in [4.69, 9.17) is 0 Å². The lowest BCUT2D eigenvalue weighted by atomic mass is 10.1. The van der Waals surface area contributed by atoms with Crippen LogP contribution in [0.25, 0.3) is 0 Å². The summed E-state index contributed by atoms with van der Waals surface area (Å²) in [5.74, 6) is 0.469. The molecule has 1 aromatic heterocycles. The number of halogens is 1. The molecule has 17 heavy (non-hydrogen) atoms. The lowest BCUT2D eigenvalue weighted by molar-refractivity contribution is 0.102. The molecule has 0 aliphatic heterocycles. The maximum absolute atomic E-state index is 12.0. The zero-order valence-electron chi connectivity index (χ0n) is 9.54. The van der Waals surface area contributed by atoms with Crippen LogP contribution < -0.4 is 5.32 Å². The van der Waals surface area contributed by atoms with Crippen LogP contribution in [0.5, 0.6) is 0 Å². The highest BCUT2D eigenvalue weighted by Crippen LogP contribution is 2.22. The van der Waals surface area contributed by atoms with Crippen LogP contribution >= 0.6 is 15.9 Å². The number of carbonyl (C=O) groups excluding carboxylic acids is 1. The summed E-state index contributed by atoms with van der Waals surface area (Å²) in [6, 6.07) is 5.58. The van der Waals surface area contributed by atoms with Crippen LogP contribution in [-0.4, -0.2) is 16.1 Å². The molecule has 0 aliphatic carbocycles. The van der Waals surface area contributed by atoms with Gasteiger partial charge in [0.05, 0.1) is 11.8 Å². The lowest BCUT2D eigenvalue weighted by Crippen LogP contribution is -2.13. The van der Waals surface area contributed by atoms with Gasteiger partial charge in [0.1, 0.15) is 5.82 Å². The van der Waals surface area contributed by atoms with Gasteiger partial charge < -0.3 is 5.32 Å². The van der Waals surface area contributed by atoms with E-state index in [-0.39, 0.29) is 5.91 Å². The minimum atomic E-state index is -0.159. The molecule has 1 amide bonds. The average Bonchev–Trinajstić information content (AvgIpc) is 2.68. The molecule has 0 fully saturated rings. The summed E-state index contributed by atoms with van der Waals surface area (Å²) >= 11 is 3.42. The fraction of sp³-hybridized carbons (Fsp3) is 0.167. The Balaban J connectivity index is 2.27. The normalized spacial score (nSPS) is 10.3. The molecule has 1 aromatic carbocycles. The van der Waals surface area contributed by atoms with Gasteiger partial charge >= 0.3 is 0 Å². The number of nitrogens with zero attached hydrogens (tertiary/aromatic N) is 1. The van der Waals surface area contributed by atoms with Crippen molar-refractivity contribution in [3.8, 4) is 0 Å². The highest BCUT2D eigenvalue weighted by molar-refractivity contribution is 9.10. The maximum atomic E-state index is 12.0. The van der Waals surface area contributed by atoms with Crippen molar-refractivity contribution < 1.29 is 4.79 Å². The Bertz CT molecular complexity index is 563. The third-order valence-electron chi connectivity index (χ3n) is 2.50. The van der Waals surface area contributed by atoms with Gasteiger partial charge in [-0.15, -0.1) is 0 Å². The first kappa shape index (κ1) is 11.9. The van der Waals surface area contributed by atoms with Gasteiger partial charge in [0.25, 0.3) is 5.91 Å². The van der Waals surface area contributed by atoms with Crippen molar-refractivity contribution in [3.63, 3.8) is 0 Å². The molecule has 0 spiro atoms. The Kier molecular flexibility index (Phi) is 3.28. The molecule has 2 N–H and O–H groups in total. The fourth-order valence-electron chi connectivity index (χ4n) is 1.48. The number of benzene rings is 1. The first-order valence-electron chi connectivity index (χ1n) is 5.16. The summed E-state index contributed by atoms with van der Waals surface area (Å²) in [5, 5.41) is 9.39. The van der Waals surface area contributed by atoms with E-state index in [1.807, 2.05) is 26.0 Å². The molecule has 0 aliphatic rings. The van der Waals surface area contributed by atoms with Crippen LogP contribution in [0.4, 0.5) is 5.82 Å². The summed E-state index contributed by atoms with van der Waals surface area (Å²) in [4.78, 5) is 12.0. The number of hydrogen-bond donors (Lipinski definition) is 2. The van der Waals surface area contributed by atoms with Crippen molar-refractivity contribution >= 4 is 27.7 Å². The second kappa shape index (κ2) is 4.71. The largest absolute Gasteiger partial charge is 0.307 e. The van der Waals surface area contributed by atoms with Crippen LogP contribution in [0.3, 0.4) is 0 Å². The minimum absolute atomic E-state index is 0.159. The lowest BCUT2D eigenvalue weighted by Gasteiger charge is -2.07. The van der Waals surface area contributed by atoms with Gasteiger partial charge in [-0.3, -0.25) is 9.89 Å². The highest BCUT2D eigenvalue weighted by Gasteiger charge is 2.12. The van der Waals surface area contributed by atoms with E-state index in [1.54, 1.807) is 12.3 Å². The van der Waals surface area contributed by atoms with E-state index in [0.717, 1.165) is 15.6 Å². The third-order valence-corrected chi connectivity index (χ3v) is 3.56. The van der Waals surface area contributed by atoms with Crippen LogP contribution in [-0.2, 0) is 0 Å². The number of aromatic amines is 1. The van der Waals surface area contributed by atoms with Gasteiger partial charge in [-0.05, 0) is 41.4 Å². The Labute approximate surface area is 108 Å². The molecular weight excluding hydrogens is 282 g/mol. The molecule has 2 rings (SSSR count). The van der Waals surface area contributed by atoms with Crippen LogP contribution in [0.2, 0.25) is 0 Å². The SMILES string of the molecule is Cc1cn[nH]c1NC(=O)c1cccc(C)c1Br. The first-order chi connectivity index (χ1) is 8.09. The predicted molar refractivity (Wildman–Crippen MR) is 70.2 cm³/mol. The van der Waals surface area contributed by atoms with Gasteiger partial charge in [0, 0.05) is 10.0 Å². The molecule has 5 heteroatoms. The maximum Gasteiger partial charge on any atom is 0.257 e. The summed E-state index contributed by atoms with van der Waals surface area (Å²) < 4.78 is 0.815. The molecule has 88 valence electrons. The second-order valence-corrected chi connectivity index (χ2v) is 4.61. The van der Waals surface area contributed by atoms with Gasteiger partial charge in [0.15, 0.2) is 0 Å². The van der Waals surface area contributed by atoms with Crippen molar-refractivity contribution in [2.75, 3.05) is 5.32 Å². The van der Waals surface area contributed by atoms with Crippen LogP contribution in [0, 0.1) is 13.8 Å². The summed E-state index contributed by atoms with van der Waals surface area (Å²) in [6.07, 6.45) is 1.67. The summed E-state index contributed by atoms with van der Waals surface area (Å²) in [6.45, 7) is 3.83. The fourth-order valence-corrected chi connectivity index (χ4v) is 1.92. The molecule has 0 saturated carbocycles. The van der Waals surface area contributed by atoms with E-state index in [0.29, 0.717) is 11.4 Å². The van der Waals surface area contributed by atoms with Gasteiger partial charge in [-0.1, -0.05) is 12.1 Å². The number of aromatic nitrogens is 2. The first-order valence-corrected chi connectivity index (χ1v) is 5.95. The standard InChI is InChI=1S/C12H12BrN3O/c1-7-4-3-5-9(10(7)13)12(17)15-11-8(2)6-14-16-11/h3-6H,1-2H3,(H2,14,15,16,17). The number of H-pyrrole nitrogens is 1. The Morgan fingerprint density at radius 3 is 2.76 bits per heavy atom. The van der Waals surface area contributed by atoms with E-state index in [2.05, 4.69) is 31.4 Å². The highest BCUT2D eigenvalue weighted by atomic mass is 79.9. The number of carbonyl (C=O) groups is 1. The van der Waals surface area contributed by atoms with Gasteiger partial charge in [0.2, 0.25) is 0 Å². The monoisotopic (exact) mass is 293 g/mol. The number of aryl methyl sites for hydroxylation is 2. The molecule has 0 atom stereocenters. The number of nitrogens with one attached hydrogen (secondary N) is 2. The number of rotatable bonds is 2. The van der Waals surface area contributed by atoms with Crippen molar-refractivity contribution in [1.29, 1.82) is 0 Å². The molecule has 0 unspecified atom stereocenters. The average molecular weight is 294 g/mol. The summed E-state index contributed by atoms with van der Waals surface area (Å²) in [7, 11) is 0. The van der Waals surface area contributed by atoms with Crippen molar-refractivity contribution in [2.24, 2.45) is 0 Å². The third kappa shape index (κ3) is 2.39. The molecule has 0 saturated heterocycles. The second-order valence-electron chi connectivity index (χ2n) is 3.82. The minimum Gasteiger partial charge on any atom is -0.307 e. The molecule has 4 nitrogen and oxygen atoms in total. The van der Waals surface area contributed by atoms with E-state index in [9.17, 15) is 4.79 Å². The smallest absolute Gasteiger partial charge is 0.257 e. The van der Waals surface area contributed by atoms with Crippen molar-refractivity contribution in [2.45, 2.75) is 13.8 Å². The zero-order valence-corrected chi connectivity index (χ0v) is 11.1. The van der Waals surface area contributed by atoms with E-state index in [1.165, 1.54) is 0 Å². The molecule has 2 aromatic rings. The molecule has 1 heterocycles. The predicted octanol–water partition coefficient (Wildman–Crippen LogP) is 3.04. The van der Waals surface area contributed by atoms with Crippen LogP contribution in [0.15, 0.2) is 28.9 Å². The Hall–Kier alpha value is -1.62.